The van der Waals surface area contributed by atoms with Crippen LogP contribution in [0.5, 0.6) is 0 Å². The largest absolute Gasteiger partial charge is 0.351 e. The molecule has 1 saturated carbocycles. The quantitative estimate of drug-likeness (QED) is 0.946. The number of aromatic nitrogens is 2. The Balaban J connectivity index is 1.65. The van der Waals surface area contributed by atoms with E-state index in [-0.39, 0.29) is 18.9 Å². The van der Waals surface area contributed by atoms with E-state index < -0.39 is 11.8 Å². The van der Waals surface area contributed by atoms with E-state index in [1.54, 1.807) is 35.1 Å². The Hall–Kier alpha value is -1.98. The van der Waals surface area contributed by atoms with Crippen LogP contribution in [0.2, 0.25) is 0 Å². The van der Waals surface area contributed by atoms with Gasteiger partial charge in [0.2, 0.25) is 0 Å². The number of imidazole rings is 1. The van der Waals surface area contributed by atoms with Gasteiger partial charge in [-0.25, -0.2) is 13.8 Å². The van der Waals surface area contributed by atoms with Crippen molar-refractivity contribution in [3.8, 4) is 0 Å². The van der Waals surface area contributed by atoms with Crippen LogP contribution >= 0.6 is 0 Å². The van der Waals surface area contributed by atoms with Crippen LogP contribution < -0.4 is 5.32 Å². The van der Waals surface area contributed by atoms with Gasteiger partial charge in [-0.3, -0.25) is 4.79 Å². The topological polar surface area (TPSA) is 46.4 Å². The van der Waals surface area contributed by atoms with E-state index >= 15 is 0 Å². The number of pyridine rings is 1. The molecule has 21 heavy (non-hydrogen) atoms. The van der Waals surface area contributed by atoms with E-state index in [0.717, 1.165) is 12.1 Å². The fraction of sp³-hybridized carbons (Fsp3) is 0.467. The van der Waals surface area contributed by atoms with Gasteiger partial charge in [0.25, 0.3) is 11.8 Å². The van der Waals surface area contributed by atoms with E-state index in [2.05, 4.69) is 10.3 Å². The molecule has 1 unspecified atom stereocenters. The van der Waals surface area contributed by atoms with Gasteiger partial charge >= 0.3 is 0 Å². The van der Waals surface area contributed by atoms with Crippen molar-refractivity contribution >= 4 is 11.6 Å². The molecular formula is C15H17F2N3O. The molecule has 1 amide bonds. The molecule has 2 aromatic heterocycles. The summed E-state index contributed by atoms with van der Waals surface area (Å²) in [5.74, 6) is -3.75. The maximum Gasteiger partial charge on any atom is 0.252 e. The van der Waals surface area contributed by atoms with E-state index in [4.69, 9.17) is 0 Å². The average Bonchev–Trinajstić information content (AvgIpc) is 2.92. The summed E-state index contributed by atoms with van der Waals surface area (Å²) in [5.41, 5.74) is 1.19. The minimum absolute atomic E-state index is 0.0216. The molecule has 1 fully saturated rings. The minimum Gasteiger partial charge on any atom is -0.351 e. The Morgan fingerprint density at radius 3 is 3.10 bits per heavy atom. The molecule has 4 nitrogen and oxygen atoms in total. The normalized spacial score (nSPS) is 21.3. The number of amides is 1. The lowest BCUT2D eigenvalue weighted by molar-refractivity contribution is -0.0835. The highest BCUT2D eigenvalue weighted by Crippen LogP contribution is 2.37. The maximum absolute atomic E-state index is 13.7. The van der Waals surface area contributed by atoms with Crippen LogP contribution in [0.4, 0.5) is 8.78 Å². The predicted molar refractivity (Wildman–Crippen MR) is 74.4 cm³/mol. The van der Waals surface area contributed by atoms with Gasteiger partial charge in [-0.15, -0.1) is 0 Å². The molecule has 0 radical (unpaired) electrons. The van der Waals surface area contributed by atoms with Crippen molar-refractivity contribution < 1.29 is 13.6 Å². The number of hydrogen-bond acceptors (Lipinski definition) is 2. The second-order valence-electron chi connectivity index (χ2n) is 5.52. The van der Waals surface area contributed by atoms with Gasteiger partial charge < -0.3 is 9.72 Å². The Labute approximate surface area is 121 Å². The number of nitrogens with zero attached hydrogens (tertiary/aromatic N) is 2. The highest BCUT2D eigenvalue weighted by molar-refractivity contribution is 5.94. The first-order chi connectivity index (χ1) is 10.1. The van der Waals surface area contributed by atoms with Gasteiger partial charge in [-0.2, -0.15) is 0 Å². The van der Waals surface area contributed by atoms with Gasteiger partial charge in [-0.05, 0) is 25.0 Å². The van der Waals surface area contributed by atoms with Crippen LogP contribution in [0.1, 0.15) is 36.0 Å². The van der Waals surface area contributed by atoms with Crippen LogP contribution in [0.3, 0.4) is 0 Å². The summed E-state index contributed by atoms with van der Waals surface area (Å²) in [6.07, 6.45) is 6.78. The van der Waals surface area contributed by atoms with Gasteiger partial charge in [-0.1, -0.05) is 6.42 Å². The average molecular weight is 293 g/mol. The zero-order valence-electron chi connectivity index (χ0n) is 11.6. The van der Waals surface area contributed by atoms with Crippen molar-refractivity contribution in [1.82, 2.24) is 14.7 Å². The van der Waals surface area contributed by atoms with Crippen molar-refractivity contribution in [3.63, 3.8) is 0 Å². The summed E-state index contributed by atoms with van der Waals surface area (Å²) in [7, 11) is 0. The second-order valence-corrected chi connectivity index (χ2v) is 5.52. The second kappa shape index (κ2) is 5.42. The molecule has 1 atom stereocenters. The number of carbonyl (C=O) groups is 1. The summed E-state index contributed by atoms with van der Waals surface area (Å²) in [6.45, 7) is 0.0216. The minimum atomic E-state index is -2.67. The van der Waals surface area contributed by atoms with E-state index in [1.807, 2.05) is 0 Å². The number of hydrogen-bond donors (Lipinski definition) is 1. The number of carbonyl (C=O) groups excluding carboxylic acids is 1. The number of fused-ring (bicyclic) bond motifs is 1. The molecule has 0 bridgehead atoms. The number of rotatable bonds is 3. The molecule has 1 N–H and O–H groups in total. The van der Waals surface area contributed by atoms with Crippen LogP contribution in [-0.4, -0.2) is 27.8 Å². The standard InChI is InChI=1S/C15H17F2N3O/c16-15(17)6-2-1-3-12(15)9-19-14(21)11-4-5-13-18-7-8-20(13)10-11/h4-5,7-8,10,12H,1-3,6,9H2,(H,19,21). The Bertz CT molecular complexity index is 653. The maximum atomic E-state index is 13.7. The van der Waals surface area contributed by atoms with Crippen molar-refractivity contribution in [2.24, 2.45) is 5.92 Å². The van der Waals surface area contributed by atoms with Gasteiger partial charge in [0.05, 0.1) is 5.56 Å². The zero-order valence-corrected chi connectivity index (χ0v) is 11.6. The lowest BCUT2D eigenvalue weighted by Gasteiger charge is -2.31. The van der Waals surface area contributed by atoms with E-state index in [1.165, 1.54) is 0 Å². The molecule has 2 heterocycles. The molecule has 1 aliphatic carbocycles. The molecule has 0 spiro atoms. The van der Waals surface area contributed by atoms with Gasteiger partial charge in [0.15, 0.2) is 0 Å². The molecule has 6 heteroatoms. The summed E-state index contributed by atoms with van der Waals surface area (Å²) in [6, 6.07) is 3.38. The first-order valence-corrected chi connectivity index (χ1v) is 7.15. The fourth-order valence-electron chi connectivity index (χ4n) is 2.79. The third kappa shape index (κ3) is 2.89. The Kier molecular flexibility index (Phi) is 3.61. The van der Waals surface area contributed by atoms with Gasteiger partial charge in [0.1, 0.15) is 5.65 Å². The lowest BCUT2D eigenvalue weighted by atomic mass is 9.85. The summed E-state index contributed by atoms with van der Waals surface area (Å²) < 4.78 is 29.2. The first kappa shape index (κ1) is 14.0. The molecule has 0 aliphatic heterocycles. The van der Waals surface area contributed by atoms with Crippen LogP contribution in [0.15, 0.2) is 30.7 Å². The number of halogens is 2. The third-order valence-corrected chi connectivity index (χ3v) is 4.07. The molecule has 1 aliphatic rings. The molecule has 3 rings (SSSR count). The smallest absolute Gasteiger partial charge is 0.252 e. The molecular weight excluding hydrogens is 276 g/mol. The van der Waals surface area contributed by atoms with Crippen molar-refractivity contribution in [2.75, 3.05) is 6.54 Å². The van der Waals surface area contributed by atoms with E-state index in [9.17, 15) is 13.6 Å². The lowest BCUT2D eigenvalue weighted by Crippen LogP contribution is -2.40. The number of alkyl halides is 2. The molecule has 0 saturated heterocycles. The highest BCUT2D eigenvalue weighted by atomic mass is 19.3. The van der Waals surface area contributed by atoms with Crippen LogP contribution in [-0.2, 0) is 0 Å². The van der Waals surface area contributed by atoms with Crippen molar-refractivity contribution in [2.45, 2.75) is 31.6 Å². The SMILES string of the molecule is O=C(NCC1CCCCC1(F)F)c1ccc2nccn2c1. The summed E-state index contributed by atoms with van der Waals surface area (Å²) in [5, 5.41) is 2.63. The third-order valence-electron chi connectivity index (χ3n) is 4.07. The summed E-state index contributed by atoms with van der Waals surface area (Å²) in [4.78, 5) is 16.2. The van der Waals surface area contributed by atoms with E-state index in [0.29, 0.717) is 18.4 Å². The Morgan fingerprint density at radius 2 is 2.29 bits per heavy atom. The van der Waals surface area contributed by atoms with Crippen molar-refractivity contribution in [3.05, 3.63) is 36.3 Å². The number of nitrogens with one attached hydrogen (secondary N) is 1. The highest BCUT2D eigenvalue weighted by Gasteiger charge is 2.41. The molecule has 112 valence electrons. The Morgan fingerprint density at radius 1 is 1.43 bits per heavy atom. The molecule has 2 aromatic rings. The van der Waals surface area contributed by atoms with Gasteiger partial charge in [0, 0.05) is 37.5 Å². The summed E-state index contributed by atoms with van der Waals surface area (Å²) >= 11 is 0. The predicted octanol–water partition coefficient (Wildman–Crippen LogP) is 2.89. The van der Waals surface area contributed by atoms with Crippen molar-refractivity contribution in [1.29, 1.82) is 0 Å². The molecule has 0 aromatic carbocycles. The monoisotopic (exact) mass is 293 g/mol. The zero-order chi connectivity index (χ0) is 14.9. The fourth-order valence-corrected chi connectivity index (χ4v) is 2.79. The first-order valence-electron chi connectivity index (χ1n) is 7.15. The van der Waals surface area contributed by atoms with Crippen LogP contribution in [0.25, 0.3) is 5.65 Å². The van der Waals surface area contributed by atoms with Crippen LogP contribution in [0, 0.1) is 5.92 Å².